The molecule has 28 heavy (non-hydrogen) atoms. The van der Waals surface area contributed by atoms with Gasteiger partial charge in [0.2, 0.25) is 0 Å². The van der Waals surface area contributed by atoms with Crippen molar-refractivity contribution >= 4 is 10.1 Å². The van der Waals surface area contributed by atoms with Crippen LogP contribution in [0.3, 0.4) is 0 Å². The summed E-state index contributed by atoms with van der Waals surface area (Å²) in [6, 6.07) is 6.99. The van der Waals surface area contributed by atoms with Crippen LogP contribution >= 0.6 is 0 Å². The summed E-state index contributed by atoms with van der Waals surface area (Å²) in [5.41, 5.74) is 1.26. The van der Waals surface area contributed by atoms with E-state index < -0.39 is 10.1 Å². The molecule has 1 rings (SSSR count). The minimum Gasteiger partial charge on any atom is -0.748 e. The molecule has 0 aliphatic carbocycles. The Morgan fingerprint density at radius 3 is 1.79 bits per heavy atom. The van der Waals surface area contributed by atoms with Crippen molar-refractivity contribution in [1.29, 1.82) is 0 Å². The van der Waals surface area contributed by atoms with E-state index in [2.05, 4.69) is 20.8 Å². The van der Waals surface area contributed by atoms with Gasteiger partial charge in [-0.15, -0.1) is 0 Å². The largest absolute Gasteiger partial charge is 0.748 e. The lowest BCUT2D eigenvalue weighted by atomic mass is 10.1. The van der Waals surface area contributed by atoms with E-state index in [1.807, 2.05) is 12.1 Å². The molecule has 0 amide bonds. The highest BCUT2D eigenvalue weighted by atomic mass is 32.2. The number of aryl methyl sites for hydroxylation is 1. The third-order valence-electron chi connectivity index (χ3n) is 5.34. The van der Waals surface area contributed by atoms with Crippen molar-refractivity contribution in [2.45, 2.75) is 72.1 Å². The van der Waals surface area contributed by atoms with E-state index in [1.54, 1.807) is 12.1 Å². The molecule has 0 fully saturated rings. The molecule has 0 saturated carbocycles. The Kier molecular flexibility index (Phi) is 14.4. The molecule has 0 unspecified atom stereocenters. The number of hydrogen-bond donors (Lipinski definition) is 0. The average molecular weight is 418 g/mol. The minimum absolute atomic E-state index is 0.135. The van der Waals surface area contributed by atoms with Gasteiger partial charge in [-0.1, -0.05) is 38.3 Å². The first-order chi connectivity index (χ1) is 13.2. The molecule has 0 N–H and O–H groups in total. The average Bonchev–Trinajstić information content (AvgIpc) is 2.63. The second-order valence-corrected chi connectivity index (χ2v) is 9.03. The number of hydrogen-bond acceptors (Lipinski definition) is 3. The van der Waals surface area contributed by atoms with Crippen LogP contribution in [0.5, 0.6) is 0 Å². The van der Waals surface area contributed by atoms with E-state index in [1.165, 1.54) is 81.2 Å². The smallest absolute Gasteiger partial charge is 0.123 e. The maximum Gasteiger partial charge on any atom is 0.123 e. The molecule has 0 aliphatic rings. The lowest BCUT2D eigenvalue weighted by molar-refractivity contribution is -0.925. The molecule has 4 nitrogen and oxygen atoms in total. The first kappa shape index (κ1) is 27.0. The number of benzene rings is 1. The third-order valence-corrected chi connectivity index (χ3v) is 5.34. The second kappa shape index (κ2) is 14.9. The molecule has 164 valence electrons. The summed E-state index contributed by atoms with van der Waals surface area (Å²) in [4.78, 5) is 0. The molecular weight excluding hydrogens is 377 g/mol. The molecule has 0 bridgehead atoms. The van der Waals surface area contributed by atoms with Crippen LogP contribution in [0.15, 0.2) is 24.3 Å². The van der Waals surface area contributed by atoms with Crippen LogP contribution in [0.2, 0.25) is 0 Å². The Hall–Kier alpha value is -0.980. The molecule has 0 atom stereocenters. The molecule has 1 aromatic carbocycles. The van der Waals surface area contributed by atoms with Crippen LogP contribution in [-0.4, -0.2) is 49.9 Å². The molecule has 0 radical (unpaired) electrons. The van der Waals surface area contributed by atoms with Crippen molar-refractivity contribution in [3.8, 4) is 0 Å². The topological polar surface area (TPSA) is 57.2 Å². The Morgan fingerprint density at radius 1 is 0.857 bits per heavy atom. The number of rotatable bonds is 13. The summed E-state index contributed by atoms with van der Waals surface area (Å²) in [5.74, 6) is -0.135. The first-order valence-corrected chi connectivity index (χ1v) is 12.5. The zero-order valence-corrected chi connectivity index (χ0v) is 19.1. The SMILES string of the molecule is CCCCCCC[N+](CC)(CC)CCCCc1ccc(F)cc1.CS(=O)(=O)[O-]. The van der Waals surface area contributed by atoms with Gasteiger partial charge in [-0.25, -0.2) is 12.8 Å². The number of nitrogens with zero attached hydrogens (tertiary/aromatic N) is 1. The van der Waals surface area contributed by atoms with E-state index in [0.717, 1.165) is 6.42 Å². The molecular formula is C22H40FNO3S. The predicted molar refractivity (Wildman–Crippen MR) is 115 cm³/mol. The van der Waals surface area contributed by atoms with Gasteiger partial charge < -0.3 is 9.04 Å². The molecule has 0 heterocycles. The van der Waals surface area contributed by atoms with Crippen LogP contribution in [0, 0.1) is 5.82 Å². The molecule has 0 saturated heterocycles. The van der Waals surface area contributed by atoms with Crippen molar-refractivity contribution < 1.29 is 21.8 Å². The third kappa shape index (κ3) is 15.0. The molecule has 0 aromatic heterocycles. The Morgan fingerprint density at radius 2 is 1.32 bits per heavy atom. The lowest BCUT2D eigenvalue weighted by Gasteiger charge is -2.37. The van der Waals surface area contributed by atoms with E-state index >= 15 is 0 Å². The van der Waals surface area contributed by atoms with Crippen molar-refractivity contribution in [2.75, 3.05) is 32.4 Å². The fourth-order valence-electron chi connectivity index (χ4n) is 3.45. The fraction of sp³-hybridized carbons (Fsp3) is 0.727. The fourth-order valence-corrected chi connectivity index (χ4v) is 3.45. The normalized spacial score (nSPS) is 11.8. The number of unbranched alkanes of at least 4 members (excludes halogenated alkanes) is 5. The monoisotopic (exact) mass is 417 g/mol. The van der Waals surface area contributed by atoms with Gasteiger partial charge in [0.05, 0.1) is 36.3 Å². The van der Waals surface area contributed by atoms with Crippen molar-refractivity contribution in [2.24, 2.45) is 0 Å². The van der Waals surface area contributed by atoms with E-state index in [4.69, 9.17) is 13.0 Å². The summed E-state index contributed by atoms with van der Waals surface area (Å²) in [7, 11) is -3.92. The van der Waals surface area contributed by atoms with Gasteiger partial charge in [0.25, 0.3) is 0 Å². The van der Waals surface area contributed by atoms with Crippen LogP contribution < -0.4 is 0 Å². The summed E-state index contributed by atoms with van der Waals surface area (Å²) >= 11 is 0. The van der Waals surface area contributed by atoms with Gasteiger partial charge in [0.1, 0.15) is 5.82 Å². The van der Waals surface area contributed by atoms with Gasteiger partial charge in [-0.3, -0.25) is 0 Å². The standard InChI is InChI=1S/C21H37FN.CH4O3S/c1-4-7-8-9-11-18-23(5-2,6-3)19-12-10-13-20-14-16-21(22)17-15-20;1-5(2,3)4/h14-17H,4-13,18-19H2,1-3H3;1H3,(H,2,3,4)/q+1;/p-1. The van der Waals surface area contributed by atoms with Crippen LogP contribution in [0.4, 0.5) is 4.39 Å². The van der Waals surface area contributed by atoms with Gasteiger partial charge >= 0.3 is 0 Å². The Bertz CT molecular complexity index is 591. The maximum atomic E-state index is 12.9. The minimum atomic E-state index is -3.92. The summed E-state index contributed by atoms with van der Waals surface area (Å²) in [6.07, 6.45) is 11.0. The van der Waals surface area contributed by atoms with E-state index in [9.17, 15) is 4.39 Å². The zero-order chi connectivity index (χ0) is 21.5. The summed E-state index contributed by atoms with van der Waals surface area (Å²) in [6.45, 7) is 12.1. The maximum absolute atomic E-state index is 12.9. The molecule has 0 aliphatic heterocycles. The highest BCUT2D eigenvalue weighted by Crippen LogP contribution is 2.15. The van der Waals surface area contributed by atoms with E-state index in [-0.39, 0.29) is 5.82 Å². The molecule has 0 spiro atoms. The first-order valence-electron chi connectivity index (χ1n) is 10.7. The highest BCUT2D eigenvalue weighted by Gasteiger charge is 2.21. The number of quaternary nitrogens is 1. The van der Waals surface area contributed by atoms with Crippen molar-refractivity contribution in [3.05, 3.63) is 35.6 Å². The second-order valence-electron chi connectivity index (χ2n) is 7.62. The quantitative estimate of drug-likeness (QED) is 0.254. The van der Waals surface area contributed by atoms with Gasteiger partial charge in [0.15, 0.2) is 0 Å². The van der Waals surface area contributed by atoms with Gasteiger partial charge in [-0.05, 0) is 63.6 Å². The lowest BCUT2D eigenvalue weighted by Crippen LogP contribution is -2.49. The van der Waals surface area contributed by atoms with Gasteiger partial charge in [0, 0.05) is 6.26 Å². The van der Waals surface area contributed by atoms with Crippen LogP contribution in [0.1, 0.15) is 71.3 Å². The highest BCUT2D eigenvalue weighted by molar-refractivity contribution is 7.84. The van der Waals surface area contributed by atoms with Crippen molar-refractivity contribution in [1.82, 2.24) is 0 Å². The summed E-state index contributed by atoms with van der Waals surface area (Å²) < 4.78 is 41.4. The van der Waals surface area contributed by atoms with Crippen LogP contribution in [-0.2, 0) is 16.5 Å². The Balaban J connectivity index is 0.00000129. The molecule has 1 aromatic rings. The zero-order valence-electron chi connectivity index (χ0n) is 18.3. The van der Waals surface area contributed by atoms with Crippen molar-refractivity contribution in [3.63, 3.8) is 0 Å². The number of halogens is 1. The molecule has 6 heteroatoms. The summed E-state index contributed by atoms with van der Waals surface area (Å²) in [5, 5.41) is 0. The van der Waals surface area contributed by atoms with Gasteiger partial charge in [-0.2, -0.15) is 0 Å². The van der Waals surface area contributed by atoms with E-state index in [0.29, 0.717) is 6.26 Å². The van der Waals surface area contributed by atoms with Crippen LogP contribution in [0.25, 0.3) is 0 Å². The Labute approximate surface area is 172 Å². The predicted octanol–water partition coefficient (Wildman–Crippen LogP) is 5.14.